The molecule has 1 aliphatic rings. The van der Waals surface area contributed by atoms with E-state index in [-0.39, 0.29) is 6.03 Å². The zero-order valence-electron chi connectivity index (χ0n) is 13.8. The number of urea groups is 1. The fraction of sp³-hybridized carbons (Fsp3) is 0.375. The van der Waals surface area contributed by atoms with Gasteiger partial charge in [0.2, 0.25) is 0 Å². The third-order valence-corrected chi connectivity index (χ3v) is 3.90. The monoisotopic (exact) mass is 320 g/mol. The molecule has 1 aromatic rings. The molecule has 0 fully saturated rings. The van der Waals surface area contributed by atoms with Crippen molar-refractivity contribution in [3.05, 3.63) is 35.0 Å². The highest BCUT2D eigenvalue weighted by Gasteiger charge is 2.36. The van der Waals surface area contributed by atoms with Crippen LogP contribution in [0, 0.1) is 0 Å². The molecule has 0 saturated carbocycles. The Morgan fingerprint density at radius 1 is 1.22 bits per heavy atom. The summed E-state index contributed by atoms with van der Waals surface area (Å²) in [5.74, 6) is 0.461. The molecule has 1 aliphatic heterocycles. The largest absolute Gasteiger partial charge is 0.493 e. The zero-order chi connectivity index (χ0) is 17.1. The van der Waals surface area contributed by atoms with Crippen LogP contribution in [0.15, 0.2) is 29.5 Å². The molecule has 0 radical (unpaired) electrons. The molecule has 2 amide bonds. The Hall–Kier alpha value is -2.70. The maximum absolute atomic E-state index is 12.2. The summed E-state index contributed by atoms with van der Waals surface area (Å²) in [6.45, 7) is 1.70. The molecule has 7 heteroatoms. The number of carbonyl (C=O) groups is 2. The third-order valence-electron chi connectivity index (χ3n) is 3.90. The minimum Gasteiger partial charge on any atom is -0.493 e. The van der Waals surface area contributed by atoms with E-state index in [0.29, 0.717) is 28.3 Å². The second-order valence-corrected chi connectivity index (χ2v) is 5.01. The molecule has 1 unspecified atom stereocenters. The van der Waals surface area contributed by atoms with Gasteiger partial charge in [-0.2, -0.15) is 0 Å². The summed E-state index contributed by atoms with van der Waals surface area (Å²) >= 11 is 0. The first-order valence-corrected chi connectivity index (χ1v) is 7.00. The van der Waals surface area contributed by atoms with Gasteiger partial charge in [-0.25, -0.2) is 9.59 Å². The minimum atomic E-state index is -0.684. The molecule has 2 rings (SSSR count). The van der Waals surface area contributed by atoms with Gasteiger partial charge >= 0.3 is 12.0 Å². The average Bonchev–Trinajstić information content (AvgIpc) is 2.57. The molecular weight excluding hydrogens is 300 g/mol. The number of para-hydroxylation sites is 1. The highest BCUT2D eigenvalue weighted by Crippen LogP contribution is 2.39. The summed E-state index contributed by atoms with van der Waals surface area (Å²) in [7, 11) is 5.93. The maximum Gasteiger partial charge on any atom is 0.337 e. The number of amides is 2. The summed E-state index contributed by atoms with van der Waals surface area (Å²) in [4.78, 5) is 25.8. The number of benzene rings is 1. The van der Waals surface area contributed by atoms with E-state index in [1.807, 2.05) is 0 Å². The molecule has 23 heavy (non-hydrogen) atoms. The van der Waals surface area contributed by atoms with Crippen molar-refractivity contribution in [2.45, 2.75) is 13.0 Å². The average molecular weight is 320 g/mol. The standard InChI is InChI=1S/C16H20N2O5/c1-9-12(15(19)23-5)13(17-16(20)18(9)2)10-7-6-8-11(21-3)14(10)22-4/h6-8,13H,1-5H3,(H,17,20). The van der Waals surface area contributed by atoms with Crippen LogP contribution in [-0.2, 0) is 9.53 Å². The van der Waals surface area contributed by atoms with Crippen LogP contribution in [0.5, 0.6) is 11.5 Å². The molecule has 0 aromatic heterocycles. The van der Waals surface area contributed by atoms with Gasteiger partial charge in [0.15, 0.2) is 11.5 Å². The highest BCUT2D eigenvalue weighted by molar-refractivity contribution is 5.95. The van der Waals surface area contributed by atoms with Gasteiger partial charge < -0.3 is 24.4 Å². The predicted octanol–water partition coefficient (Wildman–Crippen LogP) is 1.85. The molecule has 124 valence electrons. The van der Waals surface area contributed by atoms with Crippen LogP contribution < -0.4 is 14.8 Å². The lowest BCUT2D eigenvalue weighted by atomic mass is 9.94. The van der Waals surface area contributed by atoms with Crippen molar-refractivity contribution in [1.82, 2.24) is 10.2 Å². The van der Waals surface area contributed by atoms with E-state index >= 15 is 0 Å². The summed E-state index contributed by atoms with van der Waals surface area (Å²) in [5, 5.41) is 2.80. The van der Waals surface area contributed by atoms with Gasteiger partial charge in [0.05, 0.1) is 32.9 Å². The second-order valence-electron chi connectivity index (χ2n) is 5.01. The molecule has 7 nitrogen and oxygen atoms in total. The van der Waals surface area contributed by atoms with Crippen LogP contribution in [-0.4, -0.2) is 45.3 Å². The number of allylic oxidation sites excluding steroid dienone is 1. The summed E-state index contributed by atoms with van der Waals surface area (Å²) in [5.41, 5.74) is 1.49. The van der Waals surface area contributed by atoms with Crippen LogP contribution in [0.2, 0.25) is 0 Å². The highest BCUT2D eigenvalue weighted by atomic mass is 16.5. The van der Waals surface area contributed by atoms with Crippen molar-refractivity contribution in [1.29, 1.82) is 0 Å². The normalized spacial score (nSPS) is 17.7. The van der Waals surface area contributed by atoms with Gasteiger partial charge in [0.1, 0.15) is 0 Å². The summed E-state index contributed by atoms with van der Waals surface area (Å²) < 4.78 is 15.6. The second kappa shape index (κ2) is 6.60. The molecular formula is C16H20N2O5. The Kier molecular flexibility index (Phi) is 4.78. The van der Waals surface area contributed by atoms with Crippen LogP contribution >= 0.6 is 0 Å². The first kappa shape index (κ1) is 16.7. The van der Waals surface area contributed by atoms with E-state index in [1.54, 1.807) is 32.2 Å². The maximum atomic E-state index is 12.2. The quantitative estimate of drug-likeness (QED) is 0.857. The Morgan fingerprint density at radius 3 is 2.48 bits per heavy atom. The lowest BCUT2D eigenvalue weighted by Gasteiger charge is -2.33. The van der Waals surface area contributed by atoms with Crippen LogP contribution in [0.4, 0.5) is 4.79 Å². The van der Waals surface area contributed by atoms with Gasteiger partial charge in [-0.3, -0.25) is 0 Å². The van der Waals surface area contributed by atoms with E-state index in [1.165, 1.54) is 26.2 Å². The van der Waals surface area contributed by atoms with Gasteiger partial charge in [0.25, 0.3) is 0 Å². The lowest BCUT2D eigenvalue weighted by Crippen LogP contribution is -2.46. The molecule has 1 heterocycles. The molecule has 0 aliphatic carbocycles. The molecule has 0 spiro atoms. The van der Waals surface area contributed by atoms with Gasteiger partial charge in [-0.15, -0.1) is 0 Å². The van der Waals surface area contributed by atoms with E-state index in [2.05, 4.69) is 5.32 Å². The van der Waals surface area contributed by atoms with E-state index in [0.717, 1.165) is 0 Å². The number of hydrogen-bond donors (Lipinski definition) is 1. The number of nitrogens with one attached hydrogen (secondary N) is 1. The number of rotatable bonds is 4. The lowest BCUT2D eigenvalue weighted by molar-refractivity contribution is -0.136. The molecule has 1 atom stereocenters. The third kappa shape index (κ3) is 2.81. The number of methoxy groups -OCH3 is 3. The Morgan fingerprint density at radius 2 is 1.91 bits per heavy atom. The van der Waals surface area contributed by atoms with Crippen molar-refractivity contribution in [2.24, 2.45) is 0 Å². The van der Waals surface area contributed by atoms with Gasteiger partial charge in [-0.05, 0) is 13.0 Å². The van der Waals surface area contributed by atoms with Crippen molar-refractivity contribution in [3.8, 4) is 11.5 Å². The van der Waals surface area contributed by atoms with Crippen LogP contribution in [0.3, 0.4) is 0 Å². The molecule has 1 aromatic carbocycles. The van der Waals surface area contributed by atoms with E-state index in [4.69, 9.17) is 14.2 Å². The van der Waals surface area contributed by atoms with E-state index < -0.39 is 12.0 Å². The zero-order valence-corrected chi connectivity index (χ0v) is 13.8. The number of carbonyl (C=O) groups excluding carboxylic acids is 2. The first-order valence-electron chi connectivity index (χ1n) is 7.00. The van der Waals surface area contributed by atoms with Crippen molar-refractivity contribution in [2.75, 3.05) is 28.4 Å². The number of esters is 1. The van der Waals surface area contributed by atoms with Crippen molar-refractivity contribution in [3.63, 3.8) is 0 Å². The Balaban J connectivity index is 2.65. The topological polar surface area (TPSA) is 77.1 Å². The molecule has 0 bridgehead atoms. The smallest absolute Gasteiger partial charge is 0.337 e. The SMILES string of the molecule is COC(=O)C1=C(C)N(C)C(=O)NC1c1cccc(OC)c1OC. The number of hydrogen-bond acceptors (Lipinski definition) is 5. The first-order chi connectivity index (χ1) is 11.0. The Labute approximate surface area is 134 Å². The number of nitrogens with zero attached hydrogens (tertiary/aromatic N) is 1. The summed E-state index contributed by atoms with van der Waals surface area (Å²) in [6, 6.07) is 4.29. The number of ether oxygens (including phenoxy) is 3. The Bertz CT molecular complexity index is 668. The van der Waals surface area contributed by atoms with Crippen LogP contribution in [0.25, 0.3) is 0 Å². The van der Waals surface area contributed by atoms with Crippen molar-refractivity contribution >= 4 is 12.0 Å². The molecule has 0 saturated heterocycles. The van der Waals surface area contributed by atoms with Gasteiger partial charge in [0, 0.05) is 18.3 Å². The predicted molar refractivity (Wildman–Crippen MR) is 83.3 cm³/mol. The minimum absolute atomic E-state index is 0.315. The fourth-order valence-electron chi connectivity index (χ4n) is 2.58. The van der Waals surface area contributed by atoms with Crippen molar-refractivity contribution < 1.29 is 23.8 Å². The van der Waals surface area contributed by atoms with Gasteiger partial charge in [-0.1, -0.05) is 12.1 Å². The van der Waals surface area contributed by atoms with E-state index in [9.17, 15) is 9.59 Å². The fourth-order valence-corrected chi connectivity index (χ4v) is 2.58. The summed E-state index contributed by atoms with van der Waals surface area (Å²) in [6.07, 6.45) is 0. The molecule has 1 N–H and O–H groups in total. The van der Waals surface area contributed by atoms with Crippen LogP contribution in [0.1, 0.15) is 18.5 Å².